The molecule has 102 valence electrons. The second-order valence-corrected chi connectivity index (χ2v) is 5.44. The maximum absolute atomic E-state index is 12.1. The lowest BCUT2D eigenvalue weighted by atomic mass is 10.2. The standard InChI is InChI=1S/C17H17NOS/c1-13-8-6-7-11-16(13)18-17(19)14(2)12-20-15-9-4-3-5-10-15/h3-12H,1-2H3,(H,18,19)/b14-12+. The summed E-state index contributed by atoms with van der Waals surface area (Å²) in [5, 5.41) is 4.80. The Hall–Kier alpha value is -2.00. The molecule has 1 N–H and O–H groups in total. The van der Waals surface area contributed by atoms with Gasteiger partial charge in [0, 0.05) is 16.2 Å². The molecule has 0 radical (unpaired) electrons. The van der Waals surface area contributed by atoms with E-state index in [2.05, 4.69) is 5.32 Å². The Balaban J connectivity index is 2.00. The number of anilines is 1. The van der Waals surface area contributed by atoms with Gasteiger partial charge in [0.1, 0.15) is 0 Å². The maximum Gasteiger partial charge on any atom is 0.251 e. The van der Waals surface area contributed by atoms with Crippen LogP contribution in [0, 0.1) is 6.92 Å². The first-order valence-electron chi connectivity index (χ1n) is 6.42. The minimum atomic E-state index is -0.0669. The first-order chi connectivity index (χ1) is 9.66. The van der Waals surface area contributed by atoms with E-state index in [0.29, 0.717) is 5.57 Å². The average molecular weight is 283 g/mol. The summed E-state index contributed by atoms with van der Waals surface area (Å²) in [7, 11) is 0. The zero-order chi connectivity index (χ0) is 14.4. The zero-order valence-corrected chi connectivity index (χ0v) is 12.4. The quantitative estimate of drug-likeness (QED) is 0.654. The van der Waals surface area contributed by atoms with Crippen LogP contribution in [-0.2, 0) is 4.79 Å². The highest BCUT2D eigenvalue weighted by molar-refractivity contribution is 8.02. The van der Waals surface area contributed by atoms with Crippen LogP contribution in [0.2, 0.25) is 0 Å². The Morgan fingerprint density at radius 1 is 1.05 bits per heavy atom. The molecule has 0 aliphatic heterocycles. The molecular formula is C17H17NOS. The number of aryl methyl sites for hydroxylation is 1. The van der Waals surface area contributed by atoms with Crippen molar-refractivity contribution in [1.82, 2.24) is 0 Å². The van der Waals surface area contributed by atoms with Crippen molar-refractivity contribution in [3.05, 3.63) is 71.1 Å². The van der Waals surface area contributed by atoms with Crippen LogP contribution in [0.4, 0.5) is 5.69 Å². The smallest absolute Gasteiger partial charge is 0.251 e. The molecule has 20 heavy (non-hydrogen) atoms. The number of nitrogens with one attached hydrogen (secondary N) is 1. The predicted octanol–water partition coefficient (Wildman–Crippen LogP) is 4.63. The van der Waals surface area contributed by atoms with Crippen LogP contribution < -0.4 is 5.32 Å². The minimum Gasteiger partial charge on any atom is -0.322 e. The highest BCUT2D eigenvalue weighted by Gasteiger charge is 2.06. The number of para-hydroxylation sites is 1. The number of hydrogen-bond acceptors (Lipinski definition) is 2. The van der Waals surface area contributed by atoms with E-state index in [9.17, 15) is 4.79 Å². The van der Waals surface area contributed by atoms with Gasteiger partial charge >= 0.3 is 0 Å². The SMILES string of the molecule is C/C(=C\Sc1ccccc1)C(=O)Nc1ccccc1C. The topological polar surface area (TPSA) is 29.1 Å². The van der Waals surface area contributed by atoms with Crippen molar-refractivity contribution in [2.24, 2.45) is 0 Å². The Morgan fingerprint density at radius 2 is 1.70 bits per heavy atom. The van der Waals surface area contributed by atoms with E-state index in [1.54, 1.807) is 11.8 Å². The summed E-state index contributed by atoms with van der Waals surface area (Å²) in [6.45, 7) is 3.80. The van der Waals surface area contributed by atoms with Crippen molar-refractivity contribution in [3.63, 3.8) is 0 Å². The van der Waals surface area contributed by atoms with Gasteiger partial charge in [-0.25, -0.2) is 0 Å². The lowest BCUT2D eigenvalue weighted by Gasteiger charge is -2.08. The summed E-state index contributed by atoms with van der Waals surface area (Å²) >= 11 is 1.55. The van der Waals surface area contributed by atoms with E-state index in [4.69, 9.17) is 0 Å². The molecular weight excluding hydrogens is 266 g/mol. The van der Waals surface area contributed by atoms with E-state index in [1.807, 2.05) is 73.9 Å². The van der Waals surface area contributed by atoms with Crippen LogP contribution in [0.15, 0.2) is 70.5 Å². The van der Waals surface area contributed by atoms with Gasteiger partial charge in [-0.3, -0.25) is 4.79 Å². The highest BCUT2D eigenvalue weighted by Crippen LogP contribution is 2.21. The zero-order valence-electron chi connectivity index (χ0n) is 11.6. The molecule has 1 amide bonds. The lowest BCUT2D eigenvalue weighted by molar-refractivity contribution is -0.112. The molecule has 0 bridgehead atoms. The monoisotopic (exact) mass is 283 g/mol. The van der Waals surface area contributed by atoms with Gasteiger partial charge in [-0.1, -0.05) is 48.2 Å². The van der Waals surface area contributed by atoms with Crippen molar-refractivity contribution in [2.75, 3.05) is 5.32 Å². The van der Waals surface area contributed by atoms with Crippen molar-refractivity contribution >= 4 is 23.4 Å². The lowest BCUT2D eigenvalue weighted by Crippen LogP contribution is -2.13. The number of benzene rings is 2. The second kappa shape index (κ2) is 6.96. The molecule has 3 heteroatoms. The molecule has 2 nitrogen and oxygen atoms in total. The molecule has 2 aromatic rings. The van der Waals surface area contributed by atoms with Gasteiger partial charge in [-0.05, 0) is 43.0 Å². The van der Waals surface area contributed by atoms with Crippen LogP contribution in [0.1, 0.15) is 12.5 Å². The van der Waals surface area contributed by atoms with Crippen molar-refractivity contribution < 1.29 is 4.79 Å². The molecule has 0 saturated heterocycles. The van der Waals surface area contributed by atoms with Gasteiger partial charge in [-0.2, -0.15) is 0 Å². The normalized spacial score (nSPS) is 11.2. The fourth-order valence-electron chi connectivity index (χ4n) is 1.64. The number of amides is 1. The van der Waals surface area contributed by atoms with Gasteiger partial charge in [-0.15, -0.1) is 0 Å². The van der Waals surface area contributed by atoms with E-state index in [-0.39, 0.29) is 5.91 Å². The Bertz CT molecular complexity index is 620. The van der Waals surface area contributed by atoms with Gasteiger partial charge in [0.15, 0.2) is 0 Å². The second-order valence-electron chi connectivity index (χ2n) is 4.50. The van der Waals surface area contributed by atoms with Crippen molar-refractivity contribution in [2.45, 2.75) is 18.7 Å². The van der Waals surface area contributed by atoms with Crippen molar-refractivity contribution in [3.8, 4) is 0 Å². The number of carbonyl (C=O) groups excluding carboxylic acids is 1. The molecule has 2 rings (SSSR count). The van der Waals surface area contributed by atoms with Crippen LogP contribution in [0.3, 0.4) is 0 Å². The number of thioether (sulfide) groups is 1. The predicted molar refractivity (Wildman–Crippen MR) is 85.9 cm³/mol. The molecule has 0 aliphatic rings. The number of carbonyl (C=O) groups is 1. The molecule has 0 unspecified atom stereocenters. The van der Waals surface area contributed by atoms with Crippen LogP contribution in [0.25, 0.3) is 0 Å². The Morgan fingerprint density at radius 3 is 2.40 bits per heavy atom. The molecule has 0 fully saturated rings. The van der Waals surface area contributed by atoms with E-state index < -0.39 is 0 Å². The molecule has 2 aromatic carbocycles. The summed E-state index contributed by atoms with van der Waals surface area (Å²) in [5.41, 5.74) is 2.61. The molecule has 0 spiro atoms. The Kier molecular flexibility index (Phi) is 5.02. The first-order valence-corrected chi connectivity index (χ1v) is 7.30. The largest absolute Gasteiger partial charge is 0.322 e. The third kappa shape index (κ3) is 4.00. The average Bonchev–Trinajstić information content (AvgIpc) is 2.48. The van der Waals surface area contributed by atoms with Crippen LogP contribution >= 0.6 is 11.8 Å². The van der Waals surface area contributed by atoms with Gasteiger partial charge in [0.25, 0.3) is 5.91 Å². The highest BCUT2D eigenvalue weighted by atomic mass is 32.2. The summed E-state index contributed by atoms with van der Waals surface area (Å²) < 4.78 is 0. The van der Waals surface area contributed by atoms with Crippen LogP contribution in [-0.4, -0.2) is 5.91 Å². The summed E-state index contributed by atoms with van der Waals surface area (Å²) in [5.74, 6) is -0.0669. The third-order valence-corrected chi connectivity index (χ3v) is 3.88. The van der Waals surface area contributed by atoms with Gasteiger partial charge in [0.2, 0.25) is 0 Å². The number of hydrogen-bond donors (Lipinski definition) is 1. The summed E-state index contributed by atoms with van der Waals surface area (Å²) in [4.78, 5) is 13.2. The molecule has 0 aromatic heterocycles. The number of rotatable bonds is 4. The van der Waals surface area contributed by atoms with E-state index in [1.165, 1.54) is 0 Å². The van der Waals surface area contributed by atoms with Gasteiger partial charge in [0.05, 0.1) is 0 Å². The summed E-state index contributed by atoms with van der Waals surface area (Å²) in [6.07, 6.45) is 0. The van der Waals surface area contributed by atoms with E-state index >= 15 is 0 Å². The van der Waals surface area contributed by atoms with E-state index in [0.717, 1.165) is 16.1 Å². The third-order valence-electron chi connectivity index (χ3n) is 2.87. The molecule has 0 aliphatic carbocycles. The first kappa shape index (κ1) is 14.4. The molecule has 0 heterocycles. The fourth-order valence-corrected chi connectivity index (χ4v) is 2.38. The van der Waals surface area contributed by atoms with Crippen molar-refractivity contribution in [1.29, 1.82) is 0 Å². The molecule has 0 saturated carbocycles. The minimum absolute atomic E-state index is 0.0669. The van der Waals surface area contributed by atoms with Crippen LogP contribution in [0.5, 0.6) is 0 Å². The fraction of sp³-hybridized carbons (Fsp3) is 0.118. The van der Waals surface area contributed by atoms with Gasteiger partial charge < -0.3 is 5.32 Å². The molecule has 0 atom stereocenters. The maximum atomic E-state index is 12.1. The summed E-state index contributed by atoms with van der Waals surface area (Å²) in [6, 6.07) is 17.8. The Labute approximate surface area is 123 Å².